The number of nitrogens with two attached hydrogens (primary N) is 3. The summed E-state index contributed by atoms with van der Waals surface area (Å²) >= 11 is 0. The molecule has 0 saturated carbocycles. The SMILES string of the molecule is CCNC(O)(COC(C)COC(C)CO)C(N)(N)N. The van der Waals surface area contributed by atoms with Crippen molar-refractivity contribution in [3.63, 3.8) is 0 Å². The first-order valence-electron chi connectivity index (χ1n) is 6.34. The minimum absolute atomic E-state index is 0.0639. The molecule has 0 aliphatic carbocycles. The topological polar surface area (TPSA) is 149 Å². The fourth-order valence-corrected chi connectivity index (χ4v) is 1.29. The van der Waals surface area contributed by atoms with Crippen molar-refractivity contribution >= 4 is 0 Å². The lowest BCUT2D eigenvalue weighted by Crippen LogP contribution is -2.79. The first kappa shape index (κ1) is 18.7. The molecule has 9 N–H and O–H groups in total. The van der Waals surface area contributed by atoms with Crippen LogP contribution in [0, 0.1) is 0 Å². The molecule has 0 amide bonds. The van der Waals surface area contributed by atoms with E-state index in [0.29, 0.717) is 6.54 Å². The van der Waals surface area contributed by atoms with Gasteiger partial charge < -0.3 is 19.7 Å². The molecule has 0 aliphatic heterocycles. The monoisotopic (exact) mass is 280 g/mol. The summed E-state index contributed by atoms with van der Waals surface area (Å²) in [6.07, 6.45) is -0.571. The van der Waals surface area contributed by atoms with Crippen molar-refractivity contribution in [1.29, 1.82) is 0 Å². The number of hydrogen-bond donors (Lipinski definition) is 6. The molecule has 3 unspecified atom stereocenters. The average Bonchev–Trinajstić information content (AvgIpc) is 2.32. The molecule has 0 aromatic carbocycles. The number of aliphatic hydroxyl groups excluding tert-OH is 1. The second-order valence-electron chi connectivity index (χ2n) is 4.77. The standard InChI is InChI=1S/C11H28N4O4/c1-4-15-10(17,11(12,13)14)7-19-9(3)6-18-8(2)5-16/h8-9,15-17H,4-7,12-14H2,1-3H3. The van der Waals surface area contributed by atoms with E-state index in [1.807, 2.05) is 0 Å². The van der Waals surface area contributed by atoms with Gasteiger partial charge in [0.2, 0.25) is 0 Å². The molecule has 0 aliphatic rings. The molecular formula is C11H28N4O4. The lowest BCUT2D eigenvalue weighted by atomic mass is 10.1. The van der Waals surface area contributed by atoms with Gasteiger partial charge in [-0.05, 0) is 20.4 Å². The fourth-order valence-electron chi connectivity index (χ4n) is 1.29. The maximum atomic E-state index is 10.2. The predicted molar refractivity (Wildman–Crippen MR) is 71.8 cm³/mol. The van der Waals surface area contributed by atoms with Gasteiger partial charge in [-0.2, -0.15) is 0 Å². The minimum atomic E-state index is -1.83. The summed E-state index contributed by atoms with van der Waals surface area (Å²) in [5.74, 6) is -1.83. The summed E-state index contributed by atoms with van der Waals surface area (Å²) in [5, 5.41) is 21.8. The first-order valence-corrected chi connectivity index (χ1v) is 6.34. The van der Waals surface area contributed by atoms with Crippen LogP contribution in [-0.2, 0) is 9.47 Å². The van der Waals surface area contributed by atoms with Crippen molar-refractivity contribution in [2.24, 2.45) is 17.2 Å². The highest BCUT2D eigenvalue weighted by Gasteiger charge is 2.42. The number of rotatable bonds is 10. The van der Waals surface area contributed by atoms with Crippen LogP contribution in [0.5, 0.6) is 0 Å². The summed E-state index contributed by atoms with van der Waals surface area (Å²) < 4.78 is 10.7. The van der Waals surface area contributed by atoms with Crippen LogP contribution in [0.15, 0.2) is 0 Å². The highest BCUT2D eigenvalue weighted by atomic mass is 16.5. The molecule has 0 aromatic heterocycles. The van der Waals surface area contributed by atoms with Crippen LogP contribution in [0.3, 0.4) is 0 Å². The second-order valence-corrected chi connectivity index (χ2v) is 4.77. The van der Waals surface area contributed by atoms with Gasteiger partial charge >= 0.3 is 0 Å². The lowest BCUT2D eigenvalue weighted by molar-refractivity contribution is -0.141. The summed E-state index contributed by atoms with van der Waals surface area (Å²) in [6, 6.07) is 0. The molecule has 0 radical (unpaired) electrons. The van der Waals surface area contributed by atoms with Crippen LogP contribution in [-0.4, -0.2) is 60.3 Å². The van der Waals surface area contributed by atoms with E-state index in [1.54, 1.807) is 20.8 Å². The zero-order valence-electron chi connectivity index (χ0n) is 11.9. The summed E-state index contributed by atoms with van der Waals surface area (Å²) in [5.41, 5.74) is 14.8. The van der Waals surface area contributed by atoms with Crippen molar-refractivity contribution in [2.75, 3.05) is 26.4 Å². The van der Waals surface area contributed by atoms with Crippen LogP contribution >= 0.6 is 0 Å². The van der Waals surface area contributed by atoms with Gasteiger partial charge in [-0.25, -0.2) is 0 Å². The molecule has 0 bridgehead atoms. The molecule has 0 saturated heterocycles. The molecule has 8 heteroatoms. The van der Waals surface area contributed by atoms with E-state index in [0.717, 1.165) is 0 Å². The van der Waals surface area contributed by atoms with Gasteiger partial charge in [0.25, 0.3) is 0 Å². The molecule has 0 spiro atoms. The lowest BCUT2D eigenvalue weighted by Gasteiger charge is -2.39. The van der Waals surface area contributed by atoms with Crippen molar-refractivity contribution in [2.45, 2.75) is 44.5 Å². The van der Waals surface area contributed by atoms with Crippen molar-refractivity contribution in [3.8, 4) is 0 Å². The number of ether oxygens (including phenoxy) is 2. The molecule has 116 valence electrons. The third-order valence-electron chi connectivity index (χ3n) is 2.63. The highest BCUT2D eigenvalue weighted by molar-refractivity contribution is 4.93. The van der Waals surface area contributed by atoms with Crippen LogP contribution in [0.1, 0.15) is 20.8 Å². The smallest absolute Gasteiger partial charge is 0.185 e. The van der Waals surface area contributed by atoms with Crippen LogP contribution in [0.25, 0.3) is 0 Å². The van der Waals surface area contributed by atoms with E-state index in [-0.39, 0.29) is 32.0 Å². The van der Waals surface area contributed by atoms with Gasteiger partial charge in [0.1, 0.15) is 0 Å². The largest absolute Gasteiger partial charge is 0.394 e. The van der Waals surface area contributed by atoms with E-state index in [9.17, 15) is 5.11 Å². The van der Waals surface area contributed by atoms with E-state index in [1.165, 1.54) is 0 Å². The van der Waals surface area contributed by atoms with E-state index < -0.39 is 11.5 Å². The van der Waals surface area contributed by atoms with E-state index in [2.05, 4.69) is 5.32 Å². The molecule has 8 nitrogen and oxygen atoms in total. The average molecular weight is 280 g/mol. The number of aliphatic hydroxyl groups is 2. The Morgan fingerprint density at radius 3 is 2.16 bits per heavy atom. The maximum absolute atomic E-state index is 10.2. The van der Waals surface area contributed by atoms with Crippen molar-refractivity contribution in [3.05, 3.63) is 0 Å². The Kier molecular flexibility index (Phi) is 7.94. The molecule has 0 heterocycles. The van der Waals surface area contributed by atoms with Crippen molar-refractivity contribution < 1.29 is 19.7 Å². The van der Waals surface area contributed by atoms with E-state index >= 15 is 0 Å². The Balaban J connectivity index is 4.25. The zero-order chi connectivity index (χ0) is 15.1. The minimum Gasteiger partial charge on any atom is -0.394 e. The molecule has 3 atom stereocenters. The van der Waals surface area contributed by atoms with Gasteiger partial charge in [0, 0.05) is 0 Å². The molecule has 0 rings (SSSR count). The number of likely N-dealkylation sites (N-methyl/N-ethyl adjacent to an activating group) is 1. The third-order valence-corrected chi connectivity index (χ3v) is 2.63. The maximum Gasteiger partial charge on any atom is 0.185 e. The van der Waals surface area contributed by atoms with E-state index in [4.69, 9.17) is 31.8 Å². The van der Waals surface area contributed by atoms with Gasteiger partial charge in [-0.1, -0.05) is 6.92 Å². The summed E-state index contributed by atoms with van der Waals surface area (Å²) in [7, 11) is 0. The third kappa shape index (κ3) is 6.59. The van der Waals surface area contributed by atoms with Crippen LogP contribution in [0.4, 0.5) is 0 Å². The number of hydrogen-bond acceptors (Lipinski definition) is 8. The summed E-state index contributed by atoms with van der Waals surface area (Å²) in [4.78, 5) is 0. The molecule has 0 aromatic rings. The van der Waals surface area contributed by atoms with Gasteiger partial charge in [0.15, 0.2) is 11.5 Å². The second kappa shape index (κ2) is 8.08. The Morgan fingerprint density at radius 1 is 1.16 bits per heavy atom. The normalized spacial score (nSPS) is 18.9. The number of nitrogens with one attached hydrogen (secondary N) is 1. The Labute approximate surface area is 114 Å². The molecule has 0 fully saturated rings. The predicted octanol–water partition coefficient (Wildman–Crippen LogP) is -2.38. The van der Waals surface area contributed by atoms with Crippen LogP contribution < -0.4 is 22.5 Å². The van der Waals surface area contributed by atoms with Crippen molar-refractivity contribution in [1.82, 2.24) is 5.32 Å². The first-order chi connectivity index (χ1) is 8.66. The van der Waals surface area contributed by atoms with Gasteiger partial charge in [0.05, 0.1) is 32.0 Å². The quantitative estimate of drug-likeness (QED) is 0.243. The Bertz CT molecular complexity index is 249. The zero-order valence-corrected chi connectivity index (χ0v) is 11.9. The Morgan fingerprint density at radius 2 is 1.74 bits per heavy atom. The molecule has 19 heavy (non-hydrogen) atoms. The summed E-state index contributed by atoms with van der Waals surface area (Å²) in [6.45, 7) is 5.75. The Hall–Kier alpha value is -0.320. The van der Waals surface area contributed by atoms with Gasteiger partial charge in [-0.3, -0.25) is 22.5 Å². The van der Waals surface area contributed by atoms with Gasteiger partial charge in [-0.15, -0.1) is 0 Å². The highest BCUT2D eigenvalue weighted by Crippen LogP contribution is 2.10. The fraction of sp³-hybridized carbons (Fsp3) is 1.00. The molecular weight excluding hydrogens is 252 g/mol. The van der Waals surface area contributed by atoms with Crippen LogP contribution in [0.2, 0.25) is 0 Å².